The van der Waals surface area contributed by atoms with Crippen LogP contribution in [0.3, 0.4) is 0 Å². The Balaban J connectivity index is 2.52. The van der Waals surface area contributed by atoms with E-state index in [-0.39, 0.29) is 6.04 Å². The van der Waals surface area contributed by atoms with Crippen molar-refractivity contribution in [3.63, 3.8) is 0 Å². The summed E-state index contributed by atoms with van der Waals surface area (Å²) in [5.74, 6) is -3.27. The summed E-state index contributed by atoms with van der Waals surface area (Å²) in [5, 5.41) is 4.99. The average Bonchev–Trinajstić information content (AvgIpc) is 2.87. The second-order valence-electron chi connectivity index (χ2n) is 5.01. The van der Waals surface area contributed by atoms with Crippen molar-refractivity contribution in [2.45, 2.75) is 37.1 Å². The number of likely N-dealkylation sites (tertiary alicyclic amines) is 1. The smallest absolute Gasteiger partial charge is 0.255 e. The fourth-order valence-corrected chi connectivity index (χ4v) is 3.33. The van der Waals surface area contributed by atoms with Crippen LogP contribution < -0.4 is 5.14 Å². The van der Waals surface area contributed by atoms with Crippen LogP contribution in [0.2, 0.25) is 0 Å². The molecule has 1 aliphatic rings. The highest BCUT2D eigenvalue weighted by Crippen LogP contribution is 2.26. The molecule has 1 atom stereocenters. The quantitative estimate of drug-likeness (QED) is 0.919. The molecular weight excluding hydrogens is 302 g/mol. The van der Waals surface area contributed by atoms with E-state index in [1.54, 1.807) is 0 Å². The summed E-state index contributed by atoms with van der Waals surface area (Å²) in [6.07, 6.45) is 2.30. The van der Waals surface area contributed by atoms with Crippen LogP contribution in [0.1, 0.15) is 36.5 Å². The molecule has 1 fully saturated rings. The first-order valence-corrected chi connectivity index (χ1v) is 8.13. The number of rotatable bonds is 3. The molecule has 21 heavy (non-hydrogen) atoms. The number of carbonyl (C=O) groups excluding carboxylic acids is 1. The minimum atomic E-state index is -4.33. The van der Waals surface area contributed by atoms with Crippen molar-refractivity contribution in [1.29, 1.82) is 0 Å². The zero-order chi connectivity index (χ0) is 15.8. The van der Waals surface area contributed by atoms with Crippen LogP contribution >= 0.6 is 0 Å². The third-order valence-corrected chi connectivity index (χ3v) is 4.62. The number of hydrogen-bond donors (Lipinski definition) is 1. The molecule has 0 radical (unpaired) electrons. The molecule has 1 saturated heterocycles. The first-order chi connectivity index (χ1) is 9.75. The number of amides is 1. The van der Waals surface area contributed by atoms with E-state index in [0.717, 1.165) is 12.8 Å². The van der Waals surface area contributed by atoms with Crippen molar-refractivity contribution in [2.24, 2.45) is 5.14 Å². The van der Waals surface area contributed by atoms with Crippen LogP contribution in [0.4, 0.5) is 8.78 Å². The molecule has 0 spiro atoms. The van der Waals surface area contributed by atoms with E-state index in [9.17, 15) is 22.0 Å². The van der Waals surface area contributed by atoms with Crippen LogP contribution in [0.5, 0.6) is 0 Å². The van der Waals surface area contributed by atoms with Gasteiger partial charge in [-0.2, -0.15) is 0 Å². The zero-order valence-electron chi connectivity index (χ0n) is 11.5. The maximum absolute atomic E-state index is 13.4. The minimum absolute atomic E-state index is 0.0288. The normalized spacial score (nSPS) is 19.0. The van der Waals surface area contributed by atoms with Gasteiger partial charge in [-0.1, -0.05) is 6.92 Å². The molecule has 1 amide bonds. The lowest BCUT2D eigenvalue weighted by Crippen LogP contribution is -2.36. The molecule has 5 nitrogen and oxygen atoms in total. The van der Waals surface area contributed by atoms with Crippen LogP contribution in [0, 0.1) is 11.6 Å². The van der Waals surface area contributed by atoms with E-state index >= 15 is 0 Å². The Labute approximate surface area is 121 Å². The summed E-state index contributed by atoms with van der Waals surface area (Å²) in [6, 6.07) is 1.02. The lowest BCUT2D eigenvalue weighted by molar-refractivity contribution is 0.0729. The Hall–Kier alpha value is -1.54. The predicted molar refractivity (Wildman–Crippen MR) is 72.1 cm³/mol. The average molecular weight is 318 g/mol. The molecule has 116 valence electrons. The molecule has 1 aromatic rings. The lowest BCUT2D eigenvalue weighted by Gasteiger charge is -2.24. The van der Waals surface area contributed by atoms with Crippen molar-refractivity contribution in [3.8, 4) is 0 Å². The van der Waals surface area contributed by atoms with Crippen molar-refractivity contribution in [1.82, 2.24) is 4.90 Å². The number of benzene rings is 1. The van der Waals surface area contributed by atoms with E-state index in [0.29, 0.717) is 25.1 Å². The van der Waals surface area contributed by atoms with Gasteiger partial charge in [0, 0.05) is 12.6 Å². The lowest BCUT2D eigenvalue weighted by atomic mass is 10.1. The van der Waals surface area contributed by atoms with Crippen molar-refractivity contribution >= 4 is 15.9 Å². The van der Waals surface area contributed by atoms with E-state index < -0.39 is 38.0 Å². The SMILES string of the molecule is CCC1CCCN1C(=O)c1cc(F)c(F)cc1S(N)(=O)=O. The molecule has 0 aliphatic carbocycles. The number of hydrogen-bond acceptors (Lipinski definition) is 3. The first-order valence-electron chi connectivity index (χ1n) is 6.58. The molecule has 8 heteroatoms. The van der Waals surface area contributed by atoms with Crippen LogP contribution in [0.15, 0.2) is 17.0 Å². The first kappa shape index (κ1) is 15.8. The van der Waals surface area contributed by atoms with Gasteiger partial charge in [-0.15, -0.1) is 0 Å². The molecule has 2 N–H and O–H groups in total. The Morgan fingerprint density at radius 3 is 2.57 bits per heavy atom. The van der Waals surface area contributed by atoms with Crippen LogP contribution in [-0.4, -0.2) is 31.8 Å². The van der Waals surface area contributed by atoms with Crippen molar-refractivity contribution in [2.75, 3.05) is 6.54 Å². The molecular formula is C13H16F2N2O3S. The fraction of sp³-hybridized carbons (Fsp3) is 0.462. The molecule has 0 saturated carbocycles. The van der Waals surface area contributed by atoms with Crippen molar-refractivity contribution < 1.29 is 22.0 Å². The zero-order valence-corrected chi connectivity index (χ0v) is 12.3. The molecule has 2 rings (SSSR count). The highest BCUT2D eigenvalue weighted by Gasteiger charge is 2.32. The van der Waals surface area contributed by atoms with E-state index in [1.165, 1.54) is 4.90 Å². The van der Waals surface area contributed by atoms with E-state index in [4.69, 9.17) is 5.14 Å². The Morgan fingerprint density at radius 2 is 2.00 bits per heavy atom. The molecule has 0 aromatic heterocycles. The molecule has 1 heterocycles. The molecule has 1 unspecified atom stereocenters. The number of halogens is 2. The van der Waals surface area contributed by atoms with Gasteiger partial charge in [-0.3, -0.25) is 4.79 Å². The van der Waals surface area contributed by atoms with Crippen molar-refractivity contribution in [3.05, 3.63) is 29.3 Å². The summed E-state index contributed by atoms with van der Waals surface area (Å²) in [7, 11) is -4.33. The van der Waals surface area contributed by atoms with Crippen LogP contribution in [0.25, 0.3) is 0 Å². The molecule has 1 aromatic carbocycles. The van der Waals surface area contributed by atoms with Gasteiger partial charge in [0.25, 0.3) is 5.91 Å². The van der Waals surface area contributed by atoms with Gasteiger partial charge in [-0.25, -0.2) is 22.3 Å². The topological polar surface area (TPSA) is 80.5 Å². The van der Waals surface area contributed by atoms with Gasteiger partial charge in [0.15, 0.2) is 11.6 Å². The van der Waals surface area contributed by atoms with E-state index in [2.05, 4.69) is 0 Å². The van der Waals surface area contributed by atoms with Gasteiger partial charge in [0.2, 0.25) is 10.0 Å². The largest absolute Gasteiger partial charge is 0.336 e. The maximum Gasteiger partial charge on any atom is 0.255 e. The van der Waals surface area contributed by atoms with Gasteiger partial charge in [-0.05, 0) is 31.4 Å². The maximum atomic E-state index is 13.4. The minimum Gasteiger partial charge on any atom is -0.336 e. The third-order valence-electron chi connectivity index (χ3n) is 3.67. The number of primary sulfonamides is 1. The monoisotopic (exact) mass is 318 g/mol. The van der Waals surface area contributed by atoms with Gasteiger partial charge in [0.1, 0.15) is 0 Å². The second kappa shape index (κ2) is 5.69. The standard InChI is InChI=1S/C13H16F2N2O3S/c1-2-8-4-3-5-17(8)13(18)9-6-10(14)11(15)7-12(9)21(16,19)20/h6-8H,2-5H2,1H3,(H2,16,19,20). The number of sulfonamides is 1. The predicted octanol–water partition coefficient (Wildman–Crippen LogP) is 1.63. The highest BCUT2D eigenvalue weighted by atomic mass is 32.2. The summed E-state index contributed by atoms with van der Waals surface area (Å²) in [5.41, 5.74) is -0.420. The Bertz CT molecular complexity index is 676. The van der Waals surface area contributed by atoms with Gasteiger partial charge >= 0.3 is 0 Å². The summed E-state index contributed by atoms with van der Waals surface area (Å²) in [4.78, 5) is 13.3. The molecule has 0 bridgehead atoms. The Morgan fingerprint density at radius 1 is 1.38 bits per heavy atom. The summed E-state index contributed by atoms with van der Waals surface area (Å²) < 4.78 is 49.7. The van der Waals surface area contributed by atoms with E-state index in [1.807, 2.05) is 6.92 Å². The molecule has 1 aliphatic heterocycles. The number of carbonyl (C=O) groups is 1. The number of nitrogens with zero attached hydrogens (tertiary/aromatic N) is 1. The Kier molecular flexibility index (Phi) is 4.29. The van der Waals surface area contributed by atoms with Gasteiger partial charge in [0.05, 0.1) is 10.5 Å². The van der Waals surface area contributed by atoms with Gasteiger partial charge < -0.3 is 4.90 Å². The summed E-state index contributed by atoms with van der Waals surface area (Å²) >= 11 is 0. The highest BCUT2D eigenvalue weighted by molar-refractivity contribution is 7.89. The third kappa shape index (κ3) is 3.06. The fourth-order valence-electron chi connectivity index (χ4n) is 2.61. The summed E-state index contributed by atoms with van der Waals surface area (Å²) in [6.45, 7) is 2.36. The number of nitrogens with two attached hydrogens (primary N) is 1. The van der Waals surface area contributed by atoms with Crippen LogP contribution in [-0.2, 0) is 10.0 Å². The second-order valence-corrected chi connectivity index (χ2v) is 6.54.